The van der Waals surface area contributed by atoms with Crippen LogP contribution in [-0.2, 0) is 4.79 Å². The average molecular weight is 338 g/mol. The molecule has 4 nitrogen and oxygen atoms in total. The summed E-state index contributed by atoms with van der Waals surface area (Å²) in [5.74, 6) is 1.29. The predicted molar refractivity (Wildman–Crippen MR) is 101 cm³/mol. The smallest absolute Gasteiger partial charge is 0.236 e. The number of rotatable bonds is 9. The van der Waals surface area contributed by atoms with E-state index in [2.05, 4.69) is 35.5 Å². The quantitative estimate of drug-likeness (QED) is 0.646. The van der Waals surface area contributed by atoms with Crippen LogP contribution in [0.1, 0.15) is 65.7 Å². The predicted octanol–water partition coefficient (Wildman–Crippen LogP) is 3.22. The van der Waals surface area contributed by atoms with Crippen molar-refractivity contribution >= 4 is 5.91 Å². The first-order valence-electron chi connectivity index (χ1n) is 10.3. The van der Waals surface area contributed by atoms with E-state index in [0.29, 0.717) is 18.5 Å². The van der Waals surface area contributed by atoms with E-state index in [4.69, 9.17) is 0 Å². The van der Waals surface area contributed by atoms with Gasteiger partial charge in [-0.05, 0) is 39.0 Å². The highest BCUT2D eigenvalue weighted by molar-refractivity contribution is 5.78. The van der Waals surface area contributed by atoms with Crippen molar-refractivity contribution in [3.8, 4) is 0 Å². The average Bonchev–Trinajstić information content (AvgIpc) is 3.08. The lowest BCUT2D eigenvalue weighted by molar-refractivity contribution is -0.133. The van der Waals surface area contributed by atoms with Gasteiger partial charge in [0.15, 0.2) is 0 Å². The summed E-state index contributed by atoms with van der Waals surface area (Å²) in [5, 5.41) is 0. The Morgan fingerprint density at radius 2 is 1.75 bits per heavy atom. The highest BCUT2D eigenvalue weighted by Gasteiger charge is 2.23. The summed E-state index contributed by atoms with van der Waals surface area (Å²) in [6.07, 6.45) is 9.26. The van der Waals surface area contributed by atoms with E-state index in [1.807, 2.05) is 0 Å². The van der Waals surface area contributed by atoms with Gasteiger partial charge in [0.1, 0.15) is 0 Å². The summed E-state index contributed by atoms with van der Waals surface area (Å²) < 4.78 is 0. The molecule has 0 bridgehead atoms. The Bertz CT molecular complexity index is 358. The minimum Gasteiger partial charge on any atom is -0.342 e. The molecule has 2 fully saturated rings. The molecular weight excluding hydrogens is 298 g/mol. The van der Waals surface area contributed by atoms with Gasteiger partial charge in [-0.2, -0.15) is 0 Å². The third-order valence-electron chi connectivity index (χ3n) is 5.86. The lowest BCUT2D eigenvalue weighted by Crippen LogP contribution is -2.51. The number of nitrogens with zero attached hydrogens (tertiary/aromatic N) is 3. The molecule has 0 spiro atoms. The van der Waals surface area contributed by atoms with Crippen LogP contribution in [0.5, 0.6) is 0 Å². The van der Waals surface area contributed by atoms with Crippen molar-refractivity contribution in [2.75, 3.05) is 45.8 Å². The third-order valence-corrected chi connectivity index (χ3v) is 5.86. The molecule has 0 aromatic heterocycles. The molecule has 24 heavy (non-hydrogen) atoms. The van der Waals surface area contributed by atoms with Crippen molar-refractivity contribution in [1.29, 1.82) is 0 Å². The number of piperazine rings is 1. The van der Waals surface area contributed by atoms with E-state index >= 15 is 0 Å². The molecule has 0 aromatic rings. The first-order valence-corrected chi connectivity index (χ1v) is 10.3. The molecule has 140 valence electrons. The number of hydrogen-bond donors (Lipinski definition) is 0. The lowest BCUT2D eigenvalue weighted by atomic mass is 10.0. The van der Waals surface area contributed by atoms with Crippen molar-refractivity contribution < 1.29 is 4.79 Å². The highest BCUT2D eigenvalue weighted by Crippen LogP contribution is 2.28. The molecule has 1 heterocycles. The number of hydrogen-bond acceptors (Lipinski definition) is 3. The highest BCUT2D eigenvalue weighted by atomic mass is 16.2. The molecule has 0 radical (unpaired) electrons. The molecule has 0 atom stereocenters. The third kappa shape index (κ3) is 6.36. The minimum atomic E-state index is 0.348. The van der Waals surface area contributed by atoms with Crippen molar-refractivity contribution in [2.24, 2.45) is 5.92 Å². The van der Waals surface area contributed by atoms with E-state index in [9.17, 15) is 4.79 Å². The fourth-order valence-corrected chi connectivity index (χ4v) is 4.23. The zero-order chi connectivity index (χ0) is 17.4. The SMILES string of the molecule is CCCN(CCCC1CCCC1)C(=O)CN1CCN(C(C)C)CC1. The van der Waals surface area contributed by atoms with E-state index in [1.54, 1.807) is 0 Å². The summed E-state index contributed by atoms with van der Waals surface area (Å²) in [6.45, 7) is 13.5. The van der Waals surface area contributed by atoms with Gasteiger partial charge in [0, 0.05) is 45.3 Å². The molecule has 1 saturated carbocycles. The topological polar surface area (TPSA) is 26.8 Å². The Morgan fingerprint density at radius 1 is 1.08 bits per heavy atom. The second-order valence-corrected chi connectivity index (χ2v) is 8.08. The van der Waals surface area contributed by atoms with E-state index in [0.717, 1.165) is 51.6 Å². The van der Waals surface area contributed by atoms with E-state index < -0.39 is 0 Å². The van der Waals surface area contributed by atoms with Crippen LogP contribution < -0.4 is 0 Å². The Hall–Kier alpha value is -0.610. The van der Waals surface area contributed by atoms with E-state index in [1.165, 1.54) is 38.5 Å². The molecule has 2 aliphatic rings. The Morgan fingerprint density at radius 3 is 2.33 bits per heavy atom. The maximum Gasteiger partial charge on any atom is 0.236 e. The molecule has 1 aliphatic carbocycles. The maximum absolute atomic E-state index is 12.7. The fourth-order valence-electron chi connectivity index (χ4n) is 4.23. The van der Waals surface area contributed by atoms with Gasteiger partial charge in [-0.25, -0.2) is 0 Å². The van der Waals surface area contributed by atoms with E-state index in [-0.39, 0.29) is 0 Å². The summed E-state index contributed by atoms with van der Waals surface area (Å²) in [7, 11) is 0. The maximum atomic E-state index is 12.7. The molecule has 0 unspecified atom stereocenters. The van der Waals surface area contributed by atoms with Crippen LogP contribution in [-0.4, -0.2) is 72.5 Å². The van der Waals surface area contributed by atoms with Gasteiger partial charge in [0.05, 0.1) is 6.54 Å². The van der Waals surface area contributed by atoms with Crippen LogP contribution in [0.4, 0.5) is 0 Å². The number of carbonyl (C=O) groups excluding carboxylic acids is 1. The monoisotopic (exact) mass is 337 g/mol. The molecule has 0 aromatic carbocycles. The van der Waals surface area contributed by atoms with Crippen LogP contribution in [0.25, 0.3) is 0 Å². The summed E-state index contributed by atoms with van der Waals surface area (Å²) in [6, 6.07) is 0.620. The van der Waals surface area contributed by atoms with Crippen molar-refractivity contribution in [1.82, 2.24) is 14.7 Å². The second kappa shape index (κ2) is 10.4. The molecule has 2 rings (SSSR count). The minimum absolute atomic E-state index is 0.348. The Kier molecular flexibility index (Phi) is 8.54. The molecule has 1 amide bonds. The van der Waals surface area contributed by atoms with Crippen LogP contribution in [0.3, 0.4) is 0 Å². The van der Waals surface area contributed by atoms with Gasteiger partial charge >= 0.3 is 0 Å². The van der Waals surface area contributed by atoms with Gasteiger partial charge < -0.3 is 4.90 Å². The first kappa shape index (κ1) is 19.7. The van der Waals surface area contributed by atoms with Crippen LogP contribution in [0.2, 0.25) is 0 Å². The van der Waals surface area contributed by atoms with Gasteiger partial charge in [0.25, 0.3) is 0 Å². The van der Waals surface area contributed by atoms with Gasteiger partial charge in [-0.15, -0.1) is 0 Å². The normalized spacial score (nSPS) is 20.8. The van der Waals surface area contributed by atoms with Gasteiger partial charge in [-0.1, -0.05) is 32.6 Å². The Labute approximate surface area is 149 Å². The molecule has 0 N–H and O–H groups in total. The van der Waals surface area contributed by atoms with Gasteiger partial charge in [-0.3, -0.25) is 14.6 Å². The second-order valence-electron chi connectivity index (χ2n) is 8.08. The zero-order valence-electron chi connectivity index (χ0n) is 16.3. The Balaban J connectivity index is 1.70. The van der Waals surface area contributed by atoms with Gasteiger partial charge in [0.2, 0.25) is 5.91 Å². The summed E-state index contributed by atoms with van der Waals surface area (Å²) >= 11 is 0. The number of carbonyl (C=O) groups is 1. The summed E-state index contributed by atoms with van der Waals surface area (Å²) in [5.41, 5.74) is 0. The first-order chi connectivity index (χ1) is 11.6. The largest absolute Gasteiger partial charge is 0.342 e. The zero-order valence-corrected chi connectivity index (χ0v) is 16.3. The fraction of sp³-hybridized carbons (Fsp3) is 0.950. The van der Waals surface area contributed by atoms with Crippen LogP contribution >= 0.6 is 0 Å². The lowest BCUT2D eigenvalue weighted by Gasteiger charge is -2.37. The van der Waals surface area contributed by atoms with Crippen molar-refractivity contribution in [3.05, 3.63) is 0 Å². The molecule has 1 aliphatic heterocycles. The molecular formula is C20H39N3O. The van der Waals surface area contributed by atoms with Crippen LogP contribution in [0, 0.1) is 5.92 Å². The van der Waals surface area contributed by atoms with Crippen molar-refractivity contribution in [2.45, 2.75) is 71.8 Å². The standard InChI is InChI=1S/C20H39N3O/c1-4-11-23(12-7-10-19-8-5-6-9-19)20(24)17-21-13-15-22(16-14-21)18(2)3/h18-19H,4-17H2,1-3H3. The van der Waals surface area contributed by atoms with Crippen LogP contribution in [0.15, 0.2) is 0 Å². The number of amides is 1. The van der Waals surface area contributed by atoms with Crippen molar-refractivity contribution in [3.63, 3.8) is 0 Å². The summed E-state index contributed by atoms with van der Waals surface area (Å²) in [4.78, 5) is 19.7. The molecule has 4 heteroatoms. The molecule has 1 saturated heterocycles.